The zero-order chi connectivity index (χ0) is 22.4. The van der Waals surface area contributed by atoms with E-state index in [0.29, 0.717) is 23.6 Å². The summed E-state index contributed by atoms with van der Waals surface area (Å²) in [5.74, 6) is 0.413. The summed E-state index contributed by atoms with van der Waals surface area (Å²) in [4.78, 5) is 15.0. The molecule has 0 saturated carbocycles. The molecule has 0 aliphatic heterocycles. The van der Waals surface area contributed by atoms with E-state index in [2.05, 4.69) is 11.9 Å². The minimum absolute atomic E-state index is 0.407. The van der Waals surface area contributed by atoms with Crippen molar-refractivity contribution < 1.29 is 9.90 Å². The number of unbranched alkanes of at least 4 members (excludes halogenated alkanes) is 2. The summed E-state index contributed by atoms with van der Waals surface area (Å²) in [5.41, 5.74) is 2.64. The van der Waals surface area contributed by atoms with Gasteiger partial charge in [-0.15, -0.1) is 0 Å². The number of carbonyl (C=O) groups is 1. The van der Waals surface area contributed by atoms with Gasteiger partial charge in [-0.25, -0.2) is 0 Å². The van der Waals surface area contributed by atoms with Crippen molar-refractivity contribution in [3.63, 3.8) is 0 Å². The summed E-state index contributed by atoms with van der Waals surface area (Å²) in [5, 5.41) is 25.8. The molecule has 0 fully saturated rings. The molecule has 0 radical (unpaired) electrons. The Bertz CT molecular complexity index is 637. The van der Waals surface area contributed by atoms with Gasteiger partial charge in [0.05, 0.1) is 5.60 Å². The second kappa shape index (κ2) is 14.2. The molecule has 5 heteroatoms. The van der Waals surface area contributed by atoms with Crippen LogP contribution in [0.3, 0.4) is 0 Å². The molecular weight excluding hydrogens is 362 g/mol. The molecule has 29 heavy (non-hydrogen) atoms. The van der Waals surface area contributed by atoms with E-state index < -0.39 is 5.60 Å². The number of hydrogen-bond donors (Lipinski definition) is 3. The first-order chi connectivity index (χ1) is 13.5. The fraction of sp³-hybridized carbons (Fsp3) is 0.667. The third kappa shape index (κ3) is 13.9. The average molecular weight is 404 g/mol. The molecule has 0 saturated heterocycles. The minimum Gasteiger partial charge on any atom is -0.385 e. The van der Waals surface area contributed by atoms with Crippen LogP contribution in [-0.4, -0.2) is 34.6 Å². The van der Waals surface area contributed by atoms with Crippen molar-refractivity contribution in [1.29, 1.82) is 10.8 Å². The first kappa shape index (κ1) is 27.1. The van der Waals surface area contributed by atoms with Crippen LogP contribution in [0.1, 0.15) is 92.9 Å². The zero-order valence-corrected chi connectivity index (χ0v) is 19.3. The highest BCUT2D eigenvalue weighted by molar-refractivity contribution is 5.89. The van der Waals surface area contributed by atoms with Crippen molar-refractivity contribution in [3.05, 3.63) is 22.9 Å². The van der Waals surface area contributed by atoms with Crippen LogP contribution in [-0.2, 0) is 4.79 Å². The third-order valence-electron chi connectivity index (χ3n) is 5.11. The van der Waals surface area contributed by atoms with Crippen molar-refractivity contribution in [1.82, 2.24) is 0 Å². The van der Waals surface area contributed by atoms with Gasteiger partial charge in [-0.2, -0.15) is 0 Å². The van der Waals surface area contributed by atoms with Crippen molar-refractivity contribution in [2.45, 2.75) is 98.5 Å². The van der Waals surface area contributed by atoms with E-state index in [9.17, 15) is 9.90 Å². The average Bonchev–Trinajstić information content (AvgIpc) is 2.64. The van der Waals surface area contributed by atoms with Gasteiger partial charge in [0.15, 0.2) is 0 Å². The van der Waals surface area contributed by atoms with Crippen LogP contribution in [0.4, 0.5) is 0 Å². The summed E-state index contributed by atoms with van der Waals surface area (Å²) in [6.45, 7) is 11.1. The Morgan fingerprint density at radius 1 is 1.07 bits per heavy atom. The van der Waals surface area contributed by atoms with Crippen LogP contribution in [0.5, 0.6) is 0 Å². The van der Waals surface area contributed by atoms with Crippen LogP contribution >= 0.6 is 0 Å². The fourth-order valence-electron chi connectivity index (χ4n) is 2.73. The number of hydrogen-bond acceptors (Lipinski definition) is 5. The van der Waals surface area contributed by atoms with E-state index >= 15 is 0 Å². The second-order valence-corrected chi connectivity index (χ2v) is 8.68. The predicted octanol–water partition coefficient (Wildman–Crippen LogP) is 6.06. The van der Waals surface area contributed by atoms with E-state index in [4.69, 9.17) is 10.8 Å². The number of aldehydes is 1. The van der Waals surface area contributed by atoms with Gasteiger partial charge in [0.2, 0.25) is 0 Å². The smallest absolute Gasteiger partial charge is 0.146 e. The van der Waals surface area contributed by atoms with E-state index in [1.807, 2.05) is 19.9 Å². The van der Waals surface area contributed by atoms with Crippen molar-refractivity contribution >= 4 is 23.9 Å². The Morgan fingerprint density at radius 2 is 1.72 bits per heavy atom. The van der Waals surface area contributed by atoms with Crippen LogP contribution in [0.15, 0.2) is 27.9 Å². The molecule has 1 unspecified atom stereocenters. The zero-order valence-electron chi connectivity index (χ0n) is 19.3. The lowest BCUT2D eigenvalue weighted by Crippen LogP contribution is -2.31. The quantitative estimate of drug-likeness (QED) is 0.134. The molecule has 0 rings (SSSR count). The maximum atomic E-state index is 10.7. The molecular formula is C24H41N3O2. The summed E-state index contributed by atoms with van der Waals surface area (Å²) in [7, 11) is 0. The molecule has 164 valence electrons. The van der Waals surface area contributed by atoms with Crippen LogP contribution in [0.25, 0.3) is 0 Å². The molecule has 0 aromatic heterocycles. The third-order valence-corrected chi connectivity index (χ3v) is 5.11. The van der Waals surface area contributed by atoms with E-state index in [1.54, 1.807) is 27.0 Å². The lowest BCUT2D eigenvalue weighted by molar-refractivity contribution is -0.104. The maximum absolute atomic E-state index is 10.7. The maximum Gasteiger partial charge on any atom is 0.146 e. The number of nitrogens with one attached hydrogen (secondary N) is 2. The Kier molecular flexibility index (Phi) is 13.2. The van der Waals surface area contributed by atoms with Crippen LogP contribution in [0.2, 0.25) is 0 Å². The topological polar surface area (TPSA) is 97.4 Å². The van der Waals surface area contributed by atoms with Gasteiger partial charge in [0.25, 0.3) is 0 Å². The monoisotopic (exact) mass is 403 g/mol. The molecule has 0 heterocycles. The van der Waals surface area contributed by atoms with Gasteiger partial charge in [-0.05, 0) is 83.8 Å². The number of rotatable bonds is 15. The molecule has 0 aliphatic rings. The Labute approximate surface area is 177 Å². The highest BCUT2D eigenvalue weighted by atomic mass is 16.3. The normalized spacial score (nSPS) is 14.7. The number of nitrogens with zero attached hydrogens (tertiary/aromatic N) is 1. The summed E-state index contributed by atoms with van der Waals surface area (Å²) in [6, 6.07) is 0. The summed E-state index contributed by atoms with van der Waals surface area (Å²) < 4.78 is 0. The van der Waals surface area contributed by atoms with Gasteiger partial charge in [0, 0.05) is 23.3 Å². The number of allylic oxidation sites excluding steroid dienone is 4. The number of aliphatic imine (C=N–C) groups is 1. The molecule has 0 aromatic rings. The summed E-state index contributed by atoms with van der Waals surface area (Å²) in [6.07, 6.45) is 11.9. The van der Waals surface area contributed by atoms with Gasteiger partial charge in [0.1, 0.15) is 6.29 Å². The molecule has 1 atom stereocenters. The Hall–Kier alpha value is -1.88. The van der Waals surface area contributed by atoms with Crippen molar-refractivity contribution in [2.75, 3.05) is 0 Å². The lowest BCUT2D eigenvalue weighted by Gasteiger charge is -2.21. The lowest BCUT2D eigenvalue weighted by atomic mass is 9.90. The van der Waals surface area contributed by atoms with Crippen LogP contribution in [0, 0.1) is 16.7 Å². The Balaban J connectivity index is 3.99. The largest absolute Gasteiger partial charge is 0.385 e. The standard InChI is InChI=1S/C24H41N3O2/c1-18(15-23(26)24(5,6)29)11-8-7-9-13-22(25)14-10-12-21(4)27-16-19(2)20(3)17-28/h12,16-18,25-26,29H,7-11,13-15H2,1-6H3/b20-19+,21-12+,25-22?,26-23?,27-16+. The van der Waals surface area contributed by atoms with Crippen molar-refractivity contribution in [2.24, 2.45) is 10.9 Å². The molecule has 0 bridgehead atoms. The number of carbonyl (C=O) groups excluding carboxylic acids is 1. The van der Waals surface area contributed by atoms with Gasteiger partial charge in [-0.1, -0.05) is 32.3 Å². The molecule has 0 amide bonds. The van der Waals surface area contributed by atoms with Crippen LogP contribution < -0.4 is 0 Å². The first-order valence-electron chi connectivity index (χ1n) is 10.7. The second-order valence-electron chi connectivity index (χ2n) is 8.68. The summed E-state index contributed by atoms with van der Waals surface area (Å²) >= 11 is 0. The van der Waals surface area contributed by atoms with Gasteiger partial charge in [-0.3, -0.25) is 9.79 Å². The predicted molar refractivity (Wildman–Crippen MR) is 125 cm³/mol. The molecule has 5 nitrogen and oxygen atoms in total. The Morgan fingerprint density at radius 3 is 2.31 bits per heavy atom. The van der Waals surface area contributed by atoms with Gasteiger partial charge < -0.3 is 15.9 Å². The molecule has 0 aliphatic carbocycles. The van der Waals surface area contributed by atoms with E-state index in [1.165, 1.54) is 0 Å². The minimum atomic E-state index is -1.01. The van der Waals surface area contributed by atoms with Crippen molar-refractivity contribution in [3.8, 4) is 0 Å². The SMILES string of the molecule is CC(=C\CCC(=N)CCCCCC(C)CC(=N)C(C)(C)O)/N=C/C(C)=C(\C)C=O. The van der Waals surface area contributed by atoms with Gasteiger partial charge >= 0.3 is 0 Å². The highest BCUT2D eigenvalue weighted by Crippen LogP contribution is 2.18. The molecule has 0 aromatic carbocycles. The van der Waals surface area contributed by atoms with E-state index in [-0.39, 0.29) is 0 Å². The number of aliphatic hydroxyl groups is 1. The molecule has 3 N–H and O–H groups in total. The van der Waals surface area contributed by atoms with E-state index in [0.717, 1.165) is 68.2 Å². The highest BCUT2D eigenvalue weighted by Gasteiger charge is 2.21. The molecule has 0 spiro atoms. The fourth-order valence-corrected chi connectivity index (χ4v) is 2.73. The first-order valence-corrected chi connectivity index (χ1v) is 10.7.